The molecule has 0 atom stereocenters. The second kappa shape index (κ2) is 7.20. The van der Waals surface area contributed by atoms with E-state index in [1.54, 1.807) is 0 Å². The summed E-state index contributed by atoms with van der Waals surface area (Å²) in [4.78, 5) is 13.0. The Hall–Kier alpha value is -3.19. The van der Waals surface area contributed by atoms with Crippen LogP contribution in [0.2, 0.25) is 0 Å². The zero-order valence-electron chi connectivity index (χ0n) is 14.5. The number of nitrogens with one attached hydrogen (secondary N) is 1. The van der Waals surface area contributed by atoms with Crippen molar-refractivity contribution in [2.75, 3.05) is 11.1 Å². The smallest absolute Gasteiger partial charge is 0.248 e. The molecular formula is C20H16BrN5O. The first kappa shape index (κ1) is 17.2. The van der Waals surface area contributed by atoms with Crippen LogP contribution in [0.3, 0.4) is 0 Å². The fourth-order valence-electron chi connectivity index (χ4n) is 2.65. The van der Waals surface area contributed by atoms with Crippen molar-refractivity contribution in [1.29, 1.82) is 0 Å². The molecule has 0 radical (unpaired) electrons. The first-order valence-corrected chi connectivity index (χ1v) is 9.07. The van der Waals surface area contributed by atoms with Crippen LogP contribution in [0, 0.1) is 6.92 Å². The molecule has 0 spiro atoms. The van der Waals surface area contributed by atoms with Gasteiger partial charge in [-0.3, -0.25) is 4.98 Å². The van der Waals surface area contributed by atoms with Gasteiger partial charge in [0, 0.05) is 15.6 Å². The van der Waals surface area contributed by atoms with E-state index in [9.17, 15) is 0 Å². The lowest BCUT2D eigenvalue weighted by atomic mass is 10.1. The number of para-hydroxylation sites is 1. The molecule has 2 aromatic carbocycles. The van der Waals surface area contributed by atoms with Crippen molar-refractivity contribution in [3.05, 3.63) is 71.1 Å². The van der Waals surface area contributed by atoms with Crippen LogP contribution >= 0.6 is 15.9 Å². The average Bonchev–Trinajstić information content (AvgIpc) is 2.67. The zero-order chi connectivity index (χ0) is 18.8. The van der Waals surface area contributed by atoms with Crippen LogP contribution in [0.1, 0.15) is 5.69 Å². The quantitative estimate of drug-likeness (QED) is 0.469. The molecule has 2 heterocycles. The number of fused-ring (bicyclic) bond motifs is 1. The highest BCUT2D eigenvalue weighted by Crippen LogP contribution is 2.33. The third kappa shape index (κ3) is 3.68. The van der Waals surface area contributed by atoms with Gasteiger partial charge in [-0.1, -0.05) is 34.1 Å². The van der Waals surface area contributed by atoms with Gasteiger partial charge in [0.15, 0.2) is 5.82 Å². The molecule has 6 nitrogen and oxygen atoms in total. The Morgan fingerprint density at radius 3 is 2.63 bits per heavy atom. The minimum Gasteiger partial charge on any atom is -0.437 e. The fourth-order valence-corrected chi connectivity index (χ4v) is 2.91. The van der Waals surface area contributed by atoms with Crippen molar-refractivity contribution in [3.63, 3.8) is 0 Å². The molecule has 2 aromatic heterocycles. The Balaban J connectivity index is 1.67. The van der Waals surface area contributed by atoms with Crippen LogP contribution < -0.4 is 15.8 Å². The molecule has 134 valence electrons. The van der Waals surface area contributed by atoms with Gasteiger partial charge in [-0.15, -0.1) is 0 Å². The summed E-state index contributed by atoms with van der Waals surface area (Å²) >= 11 is 3.40. The number of rotatable bonds is 4. The number of benzene rings is 2. The standard InChI is InChI=1S/C20H16BrN5O/c1-12-5-6-13-3-2-4-16(18(13)25-12)26-19-17(22)20(24-11-23-19)27-15-9-7-14(21)8-10-15/h2-11H,22H2,1H3,(H,23,24,26). The summed E-state index contributed by atoms with van der Waals surface area (Å²) in [6.07, 6.45) is 1.41. The largest absolute Gasteiger partial charge is 0.437 e. The van der Waals surface area contributed by atoms with Gasteiger partial charge in [-0.2, -0.15) is 4.98 Å². The van der Waals surface area contributed by atoms with Gasteiger partial charge in [0.2, 0.25) is 5.88 Å². The van der Waals surface area contributed by atoms with Gasteiger partial charge in [0.05, 0.1) is 11.2 Å². The summed E-state index contributed by atoms with van der Waals surface area (Å²) in [6, 6.07) is 17.4. The molecular weight excluding hydrogens is 406 g/mol. The topological polar surface area (TPSA) is 86.0 Å². The molecule has 4 aromatic rings. The number of nitrogens with two attached hydrogens (primary N) is 1. The zero-order valence-corrected chi connectivity index (χ0v) is 16.1. The Bertz CT molecular complexity index is 1120. The third-order valence-corrected chi connectivity index (χ3v) is 4.52. The van der Waals surface area contributed by atoms with Gasteiger partial charge >= 0.3 is 0 Å². The summed E-state index contributed by atoms with van der Waals surface area (Å²) in [7, 11) is 0. The van der Waals surface area contributed by atoms with Crippen molar-refractivity contribution in [2.24, 2.45) is 0 Å². The number of aromatic nitrogens is 3. The summed E-state index contributed by atoms with van der Waals surface area (Å²) in [5.74, 6) is 1.39. The van der Waals surface area contributed by atoms with Gasteiger partial charge in [-0.25, -0.2) is 4.98 Å². The van der Waals surface area contributed by atoms with Crippen LogP contribution in [0.4, 0.5) is 17.2 Å². The lowest BCUT2D eigenvalue weighted by Gasteiger charge is -2.13. The van der Waals surface area contributed by atoms with Crippen LogP contribution in [-0.2, 0) is 0 Å². The SMILES string of the molecule is Cc1ccc2cccc(Nc3ncnc(Oc4ccc(Br)cc4)c3N)c2n1. The number of pyridine rings is 1. The molecule has 0 saturated heterocycles. The van der Waals surface area contributed by atoms with Crippen molar-refractivity contribution in [3.8, 4) is 11.6 Å². The maximum Gasteiger partial charge on any atom is 0.248 e. The molecule has 0 saturated carbocycles. The molecule has 4 rings (SSSR count). The van der Waals surface area contributed by atoms with Gasteiger partial charge in [0.1, 0.15) is 17.8 Å². The summed E-state index contributed by atoms with van der Waals surface area (Å²) in [5.41, 5.74) is 9.17. The van der Waals surface area contributed by atoms with E-state index >= 15 is 0 Å². The number of hydrogen-bond donors (Lipinski definition) is 2. The Morgan fingerprint density at radius 2 is 1.81 bits per heavy atom. The van der Waals surface area contributed by atoms with Crippen molar-refractivity contribution < 1.29 is 4.74 Å². The van der Waals surface area contributed by atoms with E-state index in [-0.39, 0.29) is 0 Å². The predicted molar refractivity (Wildman–Crippen MR) is 110 cm³/mol. The maximum atomic E-state index is 6.24. The van der Waals surface area contributed by atoms with Crippen LogP contribution in [0.5, 0.6) is 11.6 Å². The van der Waals surface area contributed by atoms with Crippen LogP contribution in [0.25, 0.3) is 10.9 Å². The third-order valence-electron chi connectivity index (χ3n) is 3.99. The van der Waals surface area contributed by atoms with E-state index < -0.39 is 0 Å². The highest BCUT2D eigenvalue weighted by Gasteiger charge is 2.12. The first-order valence-electron chi connectivity index (χ1n) is 8.27. The molecule has 3 N–H and O–H groups in total. The normalized spacial score (nSPS) is 10.7. The second-order valence-corrected chi connectivity index (χ2v) is 6.87. The fraction of sp³-hybridized carbons (Fsp3) is 0.0500. The summed E-state index contributed by atoms with van der Waals surface area (Å²) < 4.78 is 6.76. The molecule has 0 amide bonds. The van der Waals surface area contributed by atoms with E-state index in [0.29, 0.717) is 23.1 Å². The monoisotopic (exact) mass is 421 g/mol. The predicted octanol–water partition coefficient (Wildman–Crippen LogP) is 5.21. The highest BCUT2D eigenvalue weighted by molar-refractivity contribution is 9.10. The maximum absolute atomic E-state index is 6.24. The van der Waals surface area contributed by atoms with E-state index in [4.69, 9.17) is 10.5 Å². The number of nitrogen functional groups attached to an aromatic ring is 1. The van der Waals surface area contributed by atoms with E-state index in [2.05, 4.69) is 36.2 Å². The van der Waals surface area contributed by atoms with E-state index in [1.807, 2.05) is 61.5 Å². The number of aryl methyl sites for hydroxylation is 1. The van der Waals surface area contributed by atoms with Crippen molar-refractivity contribution in [1.82, 2.24) is 15.0 Å². The highest BCUT2D eigenvalue weighted by atomic mass is 79.9. The Morgan fingerprint density at radius 1 is 1.00 bits per heavy atom. The van der Waals surface area contributed by atoms with E-state index in [1.165, 1.54) is 6.33 Å². The minimum absolute atomic E-state index is 0.291. The molecule has 0 bridgehead atoms. The molecule has 0 fully saturated rings. The van der Waals surface area contributed by atoms with Crippen molar-refractivity contribution >= 4 is 44.0 Å². The van der Waals surface area contributed by atoms with Gasteiger partial charge in [0.25, 0.3) is 0 Å². The molecule has 27 heavy (non-hydrogen) atoms. The summed E-state index contributed by atoms with van der Waals surface area (Å²) in [5, 5.41) is 4.28. The number of hydrogen-bond acceptors (Lipinski definition) is 6. The number of nitrogens with zero attached hydrogens (tertiary/aromatic N) is 3. The number of anilines is 3. The van der Waals surface area contributed by atoms with Gasteiger partial charge in [-0.05, 0) is 43.3 Å². The van der Waals surface area contributed by atoms with Crippen LogP contribution in [-0.4, -0.2) is 15.0 Å². The van der Waals surface area contributed by atoms with Crippen LogP contribution in [0.15, 0.2) is 65.4 Å². The molecule has 0 aliphatic carbocycles. The summed E-state index contributed by atoms with van der Waals surface area (Å²) in [6.45, 7) is 1.96. The second-order valence-electron chi connectivity index (χ2n) is 5.95. The molecule has 7 heteroatoms. The molecule has 0 aliphatic heterocycles. The van der Waals surface area contributed by atoms with E-state index in [0.717, 1.165) is 26.8 Å². The number of halogens is 1. The molecule has 0 unspecified atom stereocenters. The Labute approximate surface area is 164 Å². The number of ether oxygens (including phenoxy) is 1. The lowest BCUT2D eigenvalue weighted by molar-refractivity contribution is 0.464. The molecule has 0 aliphatic rings. The average molecular weight is 422 g/mol. The van der Waals surface area contributed by atoms with Gasteiger partial charge < -0.3 is 15.8 Å². The minimum atomic E-state index is 0.291. The van der Waals surface area contributed by atoms with Crippen molar-refractivity contribution in [2.45, 2.75) is 6.92 Å². The lowest BCUT2D eigenvalue weighted by Crippen LogP contribution is -2.03. The first-order chi connectivity index (χ1) is 13.1. The Kier molecular flexibility index (Phi) is 4.60.